The third-order valence-electron chi connectivity index (χ3n) is 2.92. The Morgan fingerprint density at radius 3 is 2.71 bits per heavy atom. The molecule has 1 aromatic heterocycles. The summed E-state index contributed by atoms with van der Waals surface area (Å²) in [4.78, 5) is 0. The van der Waals surface area contributed by atoms with E-state index in [2.05, 4.69) is 16.3 Å². The SMILES string of the molecule is NC1(c2cccc3cnncc23)CC1. The normalized spacial score (nSPS) is 18.4. The minimum atomic E-state index is -0.0947. The van der Waals surface area contributed by atoms with Crippen LogP contribution in [0.2, 0.25) is 0 Å². The number of rotatable bonds is 1. The lowest BCUT2D eigenvalue weighted by Crippen LogP contribution is -2.18. The van der Waals surface area contributed by atoms with Crippen molar-refractivity contribution in [2.24, 2.45) is 5.73 Å². The zero-order valence-corrected chi connectivity index (χ0v) is 7.77. The van der Waals surface area contributed by atoms with E-state index in [1.165, 1.54) is 5.56 Å². The van der Waals surface area contributed by atoms with E-state index in [9.17, 15) is 0 Å². The van der Waals surface area contributed by atoms with Crippen molar-refractivity contribution in [2.45, 2.75) is 18.4 Å². The van der Waals surface area contributed by atoms with E-state index in [1.807, 2.05) is 12.1 Å². The van der Waals surface area contributed by atoms with Crippen molar-refractivity contribution in [2.75, 3.05) is 0 Å². The van der Waals surface area contributed by atoms with E-state index in [4.69, 9.17) is 5.73 Å². The molecule has 0 unspecified atom stereocenters. The van der Waals surface area contributed by atoms with Crippen molar-refractivity contribution in [1.82, 2.24) is 10.2 Å². The fourth-order valence-electron chi connectivity index (χ4n) is 1.86. The van der Waals surface area contributed by atoms with Crippen molar-refractivity contribution in [3.05, 3.63) is 36.2 Å². The van der Waals surface area contributed by atoms with Crippen LogP contribution in [0.15, 0.2) is 30.6 Å². The first-order valence-corrected chi connectivity index (χ1v) is 4.78. The van der Waals surface area contributed by atoms with Gasteiger partial charge in [0.2, 0.25) is 0 Å². The Morgan fingerprint density at radius 2 is 1.93 bits per heavy atom. The second kappa shape index (κ2) is 2.51. The Bertz CT molecular complexity index is 483. The number of benzene rings is 1. The average Bonchev–Trinajstić information content (AvgIpc) is 2.97. The van der Waals surface area contributed by atoms with Gasteiger partial charge in [0.25, 0.3) is 0 Å². The van der Waals surface area contributed by atoms with Crippen LogP contribution in [0.4, 0.5) is 0 Å². The number of hydrogen-bond donors (Lipinski definition) is 1. The maximum atomic E-state index is 6.19. The minimum Gasteiger partial charge on any atom is -0.321 e. The molecular weight excluding hydrogens is 174 g/mol. The first kappa shape index (κ1) is 7.88. The lowest BCUT2D eigenvalue weighted by atomic mass is 10.00. The van der Waals surface area contributed by atoms with Crippen molar-refractivity contribution in [1.29, 1.82) is 0 Å². The van der Waals surface area contributed by atoms with Gasteiger partial charge in [-0.3, -0.25) is 0 Å². The molecule has 0 aliphatic heterocycles. The number of fused-ring (bicyclic) bond motifs is 1. The Labute approximate surface area is 81.9 Å². The molecule has 14 heavy (non-hydrogen) atoms. The molecule has 3 heteroatoms. The maximum absolute atomic E-state index is 6.19. The van der Waals surface area contributed by atoms with Crippen LogP contribution in [0.1, 0.15) is 18.4 Å². The summed E-state index contributed by atoms with van der Waals surface area (Å²) in [6.07, 6.45) is 5.74. The largest absolute Gasteiger partial charge is 0.321 e. The Kier molecular flexibility index (Phi) is 1.42. The van der Waals surface area contributed by atoms with Crippen LogP contribution in [0, 0.1) is 0 Å². The molecule has 1 aliphatic rings. The first-order valence-electron chi connectivity index (χ1n) is 4.78. The second-order valence-corrected chi connectivity index (χ2v) is 3.95. The molecular formula is C11H11N3. The van der Waals surface area contributed by atoms with Gasteiger partial charge in [-0.2, -0.15) is 10.2 Å². The van der Waals surface area contributed by atoms with Gasteiger partial charge in [0.05, 0.1) is 12.4 Å². The Hall–Kier alpha value is -1.48. The minimum absolute atomic E-state index is 0.0947. The number of hydrogen-bond acceptors (Lipinski definition) is 3. The molecule has 3 rings (SSSR count). The topological polar surface area (TPSA) is 51.8 Å². The van der Waals surface area contributed by atoms with E-state index < -0.39 is 0 Å². The molecule has 1 aromatic carbocycles. The second-order valence-electron chi connectivity index (χ2n) is 3.95. The summed E-state index contributed by atoms with van der Waals surface area (Å²) in [7, 11) is 0. The van der Waals surface area contributed by atoms with Gasteiger partial charge >= 0.3 is 0 Å². The molecule has 70 valence electrons. The summed E-state index contributed by atoms with van der Waals surface area (Å²) >= 11 is 0. The highest BCUT2D eigenvalue weighted by atomic mass is 15.1. The zero-order valence-electron chi connectivity index (χ0n) is 7.77. The molecule has 0 saturated heterocycles. The quantitative estimate of drug-likeness (QED) is 0.733. The van der Waals surface area contributed by atoms with Crippen LogP contribution in [0.5, 0.6) is 0 Å². The molecule has 1 heterocycles. The van der Waals surface area contributed by atoms with E-state index in [0.717, 1.165) is 23.6 Å². The Balaban J connectivity index is 2.33. The fourth-order valence-corrected chi connectivity index (χ4v) is 1.86. The van der Waals surface area contributed by atoms with Gasteiger partial charge < -0.3 is 5.73 Å². The molecule has 2 N–H and O–H groups in total. The summed E-state index contributed by atoms with van der Waals surface area (Å²) in [5.74, 6) is 0. The summed E-state index contributed by atoms with van der Waals surface area (Å²) < 4.78 is 0. The maximum Gasteiger partial charge on any atom is 0.0578 e. The van der Waals surface area contributed by atoms with Crippen LogP contribution in [0.25, 0.3) is 10.8 Å². The zero-order chi connectivity index (χ0) is 9.60. The summed E-state index contributed by atoms with van der Waals surface area (Å²) in [6, 6.07) is 6.17. The molecule has 3 nitrogen and oxygen atoms in total. The summed E-state index contributed by atoms with van der Waals surface area (Å²) in [5.41, 5.74) is 7.30. The van der Waals surface area contributed by atoms with Gasteiger partial charge in [0.15, 0.2) is 0 Å². The highest BCUT2D eigenvalue weighted by Gasteiger charge is 2.40. The van der Waals surface area contributed by atoms with E-state index in [1.54, 1.807) is 12.4 Å². The molecule has 2 aromatic rings. The van der Waals surface area contributed by atoms with Crippen molar-refractivity contribution in [3.8, 4) is 0 Å². The van der Waals surface area contributed by atoms with E-state index >= 15 is 0 Å². The van der Waals surface area contributed by atoms with Gasteiger partial charge in [0.1, 0.15) is 0 Å². The van der Waals surface area contributed by atoms with Crippen LogP contribution in [0.3, 0.4) is 0 Å². The molecule has 1 fully saturated rings. The lowest BCUT2D eigenvalue weighted by molar-refractivity contribution is 0.747. The molecule has 0 amide bonds. The Morgan fingerprint density at radius 1 is 1.14 bits per heavy atom. The third-order valence-corrected chi connectivity index (χ3v) is 2.92. The summed E-state index contributed by atoms with van der Waals surface area (Å²) in [6.45, 7) is 0. The first-order chi connectivity index (χ1) is 6.80. The highest BCUT2D eigenvalue weighted by Crippen LogP contribution is 2.44. The van der Waals surface area contributed by atoms with Gasteiger partial charge in [-0.05, 0) is 18.4 Å². The highest BCUT2D eigenvalue weighted by molar-refractivity contribution is 5.85. The van der Waals surface area contributed by atoms with E-state index in [0.29, 0.717) is 0 Å². The van der Waals surface area contributed by atoms with Gasteiger partial charge in [0, 0.05) is 16.3 Å². The average molecular weight is 185 g/mol. The molecule has 0 atom stereocenters. The number of aromatic nitrogens is 2. The lowest BCUT2D eigenvalue weighted by Gasteiger charge is -2.11. The van der Waals surface area contributed by atoms with Crippen LogP contribution < -0.4 is 5.73 Å². The molecule has 1 saturated carbocycles. The van der Waals surface area contributed by atoms with Gasteiger partial charge in [-0.15, -0.1) is 0 Å². The van der Waals surface area contributed by atoms with Gasteiger partial charge in [-0.1, -0.05) is 18.2 Å². The standard InChI is InChI=1S/C11H11N3/c12-11(4-5-11)10-3-1-2-8-6-13-14-7-9(8)10/h1-3,6-7H,4-5,12H2. The van der Waals surface area contributed by atoms with Crippen LogP contribution >= 0.6 is 0 Å². The predicted octanol–water partition coefficient (Wildman–Crippen LogP) is 1.58. The fraction of sp³-hybridized carbons (Fsp3) is 0.273. The molecule has 0 bridgehead atoms. The molecule has 0 spiro atoms. The number of nitrogens with two attached hydrogens (primary N) is 1. The van der Waals surface area contributed by atoms with Gasteiger partial charge in [-0.25, -0.2) is 0 Å². The summed E-state index contributed by atoms with van der Waals surface area (Å²) in [5, 5.41) is 10.0. The van der Waals surface area contributed by atoms with Crippen molar-refractivity contribution < 1.29 is 0 Å². The smallest absolute Gasteiger partial charge is 0.0578 e. The third kappa shape index (κ3) is 1.02. The monoisotopic (exact) mass is 185 g/mol. The molecule has 0 radical (unpaired) electrons. The van der Waals surface area contributed by atoms with Crippen molar-refractivity contribution in [3.63, 3.8) is 0 Å². The number of nitrogens with zero attached hydrogens (tertiary/aromatic N) is 2. The van der Waals surface area contributed by atoms with Crippen LogP contribution in [-0.2, 0) is 5.54 Å². The van der Waals surface area contributed by atoms with E-state index in [-0.39, 0.29) is 5.54 Å². The predicted molar refractivity (Wildman–Crippen MR) is 54.6 cm³/mol. The molecule has 1 aliphatic carbocycles. The van der Waals surface area contributed by atoms with Crippen molar-refractivity contribution >= 4 is 10.8 Å². The van der Waals surface area contributed by atoms with Crippen LogP contribution in [-0.4, -0.2) is 10.2 Å².